The Morgan fingerprint density at radius 2 is 1.60 bits per heavy atom. The molecule has 1 heterocycles. The number of nitrogens with zero attached hydrogens (tertiary/aromatic N) is 2. The van der Waals surface area contributed by atoms with Crippen LogP contribution in [0.5, 0.6) is 11.5 Å². The Bertz CT molecular complexity index is 672. The van der Waals surface area contributed by atoms with Crippen molar-refractivity contribution in [2.75, 3.05) is 0 Å². The number of aromatic nitrogens is 2. The number of hydrogen-bond acceptors (Lipinski definition) is 2. The molecule has 3 heteroatoms. The number of hydrogen-bond donors (Lipinski definition) is 0. The molecule has 0 aliphatic heterocycles. The molecule has 0 fully saturated rings. The van der Waals surface area contributed by atoms with Crippen LogP contribution in [0.2, 0.25) is 0 Å². The van der Waals surface area contributed by atoms with Crippen LogP contribution in [-0.4, -0.2) is 9.78 Å². The van der Waals surface area contributed by atoms with E-state index < -0.39 is 0 Å². The summed E-state index contributed by atoms with van der Waals surface area (Å²) in [6.07, 6.45) is 1.93. The van der Waals surface area contributed by atoms with Crippen LogP contribution in [0.15, 0.2) is 66.9 Å². The van der Waals surface area contributed by atoms with Crippen molar-refractivity contribution in [2.24, 2.45) is 0 Å². The Kier molecular flexibility index (Phi) is 3.50. The summed E-state index contributed by atoms with van der Waals surface area (Å²) in [5.74, 6) is 1.67. The molecule has 20 heavy (non-hydrogen) atoms. The van der Waals surface area contributed by atoms with Crippen molar-refractivity contribution in [3.05, 3.63) is 85.0 Å². The lowest BCUT2D eigenvalue weighted by molar-refractivity contribution is 0.482. The molecule has 1 radical (unpaired) electrons. The van der Waals surface area contributed by atoms with Gasteiger partial charge in [0.15, 0.2) is 0 Å². The Hall–Kier alpha value is -2.55. The van der Waals surface area contributed by atoms with E-state index in [1.807, 2.05) is 71.5 Å². The average Bonchev–Trinajstić information content (AvgIpc) is 2.88. The summed E-state index contributed by atoms with van der Waals surface area (Å²) in [7, 11) is 0. The van der Waals surface area contributed by atoms with Crippen molar-refractivity contribution >= 4 is 0 Å². The summed E-state index contributed by atoms with van der Waals surface area (Å²) in [5.41, 5.74) is 1.96. The van der Waals surface area contributed by atoms with Crippen LogP contribution in [0.4, 0.5) is 0 Å². The highest BCUT2D eigenvalue weighted by atomic mass is 16.5. The fraction of sp³-hybridized carbons (Fsp3) is 0.0588. The van der Waals surface area contributed by atoms with Gasteiger partial charge in [-0.15, -0.1) is 0 Å². The van der Waals surface area contributed by atoms with Gasteiger partial charge >= 0.3 is 0 Å². The van der Waals surface area contributed by atoms with E-state index in [2.05, 4.69) is 12.0 Å². The van der Waals surface area contributed by atoms with Gasteiger partial charge in [-0.1, -0.05) is 30.3 Å². The van der Waals surface area contributed by atoms with Gasteiger partial charge < -0.3 is 4.74 Å². The Morgan fingerprint density at radius 3 is 2.25 bits per heavy atom. The van der Waals surface area contributed by atoms with E-state index in [-0.39, 0.29) is 0 Å². The quantitative estimate of drug-likeness (QED) is 0.713. The lowest BCUT2D eigenvalue weighted by atomic mass is 10.2. The molecule has 3 nitrogen and oxygen atoms in total. The van der Waals surface area contributed by atoms with E-state index in [1.165, 1.54) is 5.56 Å². The normalized spacial score (nSPS) is 10.4. The van der Waals surface area contributed by atoms with Gasteiger partial charge in [0.25, 0.3) is 0 Å². The molecule has 0 aliphatic carbocycles. The van der Waals surface area contributed by atoms with E-state index in [4.69, 9.17) is 4.74 Å². The minimum Gasteiger partial charge on any atom is -0.457 e. The molecule has 99 valence electrons. The summed E-state index contributed by atoms with van der Waals surface area (Å²) >= 11 is 0. The maximum Gasteiger partial charge on any atom is 0.127 e. The van der Waals surface area contributed by atoms with Crippen LogP contribution in [-0.2, 0) is 6.54 Å². The van der Waals surface area contributed by atoms with Crippen molar-refractivity contribution in [1.29, 1.82) is 0 Å². The minimum absolute atomic E-state index is 0.737. The number of rotatable bonds is 4. The third kappa shape index (κ3) is 3.06. The largest absolute Gasteiger partial charge is 0.457 e. The van der Waals surface area contributed by atoms with E-state index >= 15 is 0 Å². The molecule has 2 aromatic carbocycles. The summed E-state index contributed by atoms with van der Waals surface area (Å²) < 4.78 is 7.63. The zero-order valence-corrected chi connectivity index (χ0v) is 11.1. The second-order valence-corrected chi connectivity index (χ2v) is 4.56. The van der Waals surface area contributed by atoms with Gasteiger partial charge in [0.1, 0.15) is 11.5 Å². The summed E-state index contributed by atoms with van der Waals surface area (Å²) in [4.78, 5) is 0. The smallest absolute Gasteiger partial charge is 0.127 e. The molecule has 0 atom stereocenters. The Morgan fingerprint density at radius 1 is 0.900 bits per heavy atom. The second kappa shape index (κ2) is 5.61. The predicted octanol–water partition coefficient (Wildman–Crippen LogP) is 3.91. The van der Waals surface area contributed by atoms with Crippen molar-refractivity contribution in [3.8, 4) is 11.5 Å². The second-order valence-electron chi connectivity index (χ2n) is 4.56. The molecule has 0 bridgehead atoms. The van der Waals surface area contributed by atoms with Crippen molar-refractivity contribution in [2.45, 2.75) is 6.54 Å². The fourth-order valence-corrected chi connectivity index (χ4v) is 1.97. The van der Waals surface area contributed by atoms with Gasteiger partial charge in [-0.25, -0.2) is 0 Å². The SMILES string of the molecule is [CH2]c1ccn(Cc2ccc(Oc3ccccc3)cc2)n1. The van der Waals surface area contributed by atoms with Gasteiger partial charge in [0.05, 0.1) is 12.2 Å². The Labute approximate surface area is 118 Å². The third-order valence-corrected chi connectivity index (χ3v) is 2.94. The molecule has 0 N–H and O–H groups in total. The maximum absolute atomic E-state index is 5.76. The predicted molar refractivity (Wildman–Crippen MR) is 78.7 cm³/mol. The van der Waals surface area contributed by atoms with Gasteiger partial charge in [-0.05, 0) is 42.8 Å². The number of benzene rings is 2. The minimum atomic E-state index is 0.737. The first-order valence-corrected chi connectivity index (χ1v) is 6.47. The highest BCUT2D eigenvalue weighted by Crippen LogP contribution is 2.21. The maximum atomic E-state index is 5.76. The van der Waals surface area contributed by atoms with Crippen molar-refractivity contribution < 1.29 is 4.74 Å². The van der Waals surface area contributed by atoms with Crippen LogP contribution in [0, 0.1) is 6.92 Å². The van der Waals surface area contributed by atoms with Crippen LogP contribution in [0.3, 0.4) is 0 Å². The van der Waals surface area contributed by atoms with Gasteiger partial charge in [-0.3, -0.25) is 4.68 Å². The standard InChI is InChI=1S/C17H15N2O/c1-14-11-12-19(18-14)13-15-7-9-17(10-8-15)20-16-5-3-2-4-6-16/h2-12H,1,13H2. The summed E-state index contributed by atoms with van der Waals surface area (Å²) in [6, 6.07) is 19.7. The van der Waals surface area contributed by atoms with Crippen molar-refractivity contribution in [3.63, 3.8) is 0 Å². The molecule has 1 aromatic heterocycles. The van der Waals surface area contributed by atoms with Crippen LogP contribution in [0.25, 0.3) is 0 Å². The monoisotopic (exact) mass is 263 g/mol. The third-order valence-electron chi connectivity index (χ3n) is 2.94. The lowest BCUT2D eigenvalue weighted by Crippen LogP contribution is -2.00. The van der Waals surface area contributed by atoms with Crippen LogP contribution in [0.1, 0.15) is 11.3 Å². The first kappa shape index (κ1) is 12.5. The first-order chi connectivity index (χ1) is 9.79. The zero-order valence-electron chi connectivity index (χ0n) is 11.1. The van der Waals surface area contributed by atoms with Crippen molar-refractivity contribution in [1.82, 2.24) is 9.78 Å². The lowest BCUT2D eigenvalue weighted by Gasteiger charge is -2.07. The Balaban J connectivity index is 1.68. The zero-order chi connectivity index (χ0) is 13.8. The number of para-hydroxylation sites is 1. The highest BCUT2D eigenvalue weighted by molar-refractivity contribution is 5.33. The van der Waals surface area contributed by atoms with Crippen LogP contribution >= 0.6 is 0 Å². The molecule has 0 amide bonds. The summed E-state index contributed by atoms with van der Waals surface area (Å²) in [5, 5.41) is 4.27. The molecule has 3 aromatic rings. The van der Waals surface area contributed by atoms with Gasteiger partial charge in [-0.2, -0.15) is 5.10 Å². The average molecular weight is 263 g/mol. The molecule has 3 rings (SSSR count). The van der Waals surface area contributed by atoms with E-state index in [0.29, 0.717) is 0 Å². The molecule has 0 aliphatic rings. The molecule has 0 saturated heterocycles. The fourth-order valence-electron chi connectivity index (χ4n) is 1.97. The van der Waals surface area contributed by atoms with E-state index in [1.54, 1.807) is 0 Å². The van der Waals surface area contributed by atoms with E-state index in [9.17, 15) is 0 Å². The summed E-state index contributed by atoms with van der Waals surface area (Å²) in [6.45, 7) is 4.53. The molecule has 0 spiro atoms. The molecule has 0 unspecified atom stereocenters. The molecule has 0 saturated carbocycles. The topological polar surface area (TPSA) is 27.1 Å². The van der Waals surface area contributed by atoms with Gasteiger partial charge in [0, 0.05) is 6.20 Å². The van der Waals surface area contributed by atoms with Gasteiger partial charge in [0.2, 0.25) is 0 Å². The first-order valence-electron chi connectivity index (χ1n) is 6.47. The molecular weight excluding hydrogens is 248 g/mol. The molecular formula is C17H15N2O. The van der Waals surface area contributed by atoms with E-state index in [0.717, 1.165) is 23.7 Å². The van der Waals surface area contributed by atoms with Crippen LogP contribution < -0.4 is 4.74 Å². The highest BCUT2D eigenvalue weighted by Gasteiger charge is 1.99. The number of ether oxygens (including phenoxy) is 1.